The molecule has 2 N–H and O–H groups in total. The molecule has 0 bridgehead atoms. The number of nitrogens with two attached hydrogens (primary N) is 1. The van der Waals surface area contributed by atoms with Gasteiger partial charge in [0, 0.05) is 31.8 Å². The van der Waals surface area contributed by atoms with Crippen LogP contribution in [0.2, 0.25) is 0 Å². The number of methoxy groups -OCH3 is 1. The number of aromatic nitrogens is 1. The number of anilines is 2. The van der Waals surface area contributed by atoms with E-state index in [-0.39, 0.29) is 5.60 Å². The van der Waals surface area contributed by atoms with Crippen LogP contribution in [0.4, 0.5) is 11.4 Å². The van der Waals surface area contributed by atoms with E-state index in [1.165, 1.54) is 0 Å². The lowest BCUT2D eigenvalue weighted by Crippen LogP contribution is -2.47. The molecule has 3 rings (SSSR count). The molecule has 1 atom stereocenters. The van der Waals surface area contributed by atoms with Crippen molar-refractivity contribution in [1.29, 1.82) is 0 Å². The minimum atomic E-state index is -0.0887. The molecule has 1 fully saturated rings. The van der Waals surface area contributed by atoms with Gasteiger partial charge in [-0.05, 0) is 44.0 Å². The van der Waals surface area contributed by atoms with Gasteiger partial charge in [0.25, 0.3) is 0 Å². The second-order valence-corrected chi connectivity index (χ2v) is 5.75. The molecular weight excluding hydrogens is 250 g/mol. The predicted octanol–water partition coefficient (Wildman–Crippen LogP) is 2.82. The summed E-state index contributed by atoms with van der Waals surface area (Å²) < 4.78 is 5.66. The van der Waals surface area contributed by atoms with E-state index in [1.807, 2.05) is 18.2 Å². The molecule has 0 aliphatic carbocycles. The summed E-state index contributed by atoms with van der Waals surface area (Å²) in [5.41, 5.74) is 9.12. The van der Waals surface area contributed by atoms with E-state index in [0.717, 1.165) is 48.2 Å². The minimum absolute atomic E-state index is 0.0887. The maximum Gasteiger partial charge on any atom is 0.0825 e. The first kappa shape index (κ1) is 13.2. The molecule has 0 spiro atoms. The summed E-state index contributed by atoms with van der Waals surface area (Å²) >= 11 is 0. The molecule has 1 aliphatic heterocycles. The van der Waals surface area contributed by atoms with Crippen LogP contribution < -0.4 is 10.6 Å². The quantitative estimate of drug-likeness (QED) is 0.853. The summed E-state index contributed by atoms with van der Waals surface area (Å²) in [6, 6.07) is 8.07. The van der Waals surface area contributed by atoms with Gasteiger partial charge in [0.15, 0.2) is 0 Å². The van der Waals surface area contributed by atoms with Gasteiger partial charge in [-0.1, -0.05) is 0 Å². The third-order valence-electron chi connectivity index (χ3n) is 4.30. The van der Waals surface area contributed by atoms with Crippen LogP contribution in [-0.4, -0.2) is 30.8 Å². The van der Waals surface area contributed by atoms with Gasteiger partial charge in [-0.3, -0.25) is 4.98 Å². The van der Waals surface area contributed by atoms with Crippen LogP contribution in [0.15, 0.2) is 30.5 Å². The van der Waals surface area contributed by atoms with E-state index in [1.54, 1.807) is 13.3 Å². The Morgan fingerprint density at radius 2 is 2.20 bits per heavy atom. The monoisotopic (exact) mass is 271 g/mol. The highest BCUT2D eigenvalue weighted by atomic mass is 16.5. The lowest BCUT2D eigenvalue weighted by Gasteiger charge is -2.41. The van der Waals surface area contributed by atoms with Crippen LogP contribution in [0, 0.1) is 0 Å². The van der Waals surface area contributed by atoms with Crippen molar-refractivity contribution in [1.82, 2.24) is 4.98 Å². The Hall–Kier alpha value is -1.81. The van der Waals surface area contributed by atoms with Crippen molar-refractivity contribution in [2.75, 3.05) is 30.8 Å². The number of pyridine rings is 1. The zero-order valence-electron chi connectivity index (χ0n) is 12.1. The van der Waals surface area contributed by atoms with Gasteiger partial charge in [0.2, 0.25) is 0 Å². The second kappa shape index (κ2) is 4.94. The largest absolute Gasteiger partial charge is 0.396 e. The molecule has 1 aliphatic rings. The maximum absolute atomic E-state index is 6.36. The summed E-state index contributed by atoms with van der Waals surface area (Å²) in [5.74, 6) is 0. The first-order valence-electron chi connectivity index (χ1n) is 7.06. The minimum Gasteiger partial charge on any atom is -0.396 e. The van der Waals surface area contributed by atoms with E-state index in [4.69, 9.17) is 10.5 Å². The van der Waals surface area contributed by atoms with Gasteiger partial charge >= 0.3 is 0 Å². The number of hydrogen-bond donors (Lipinski definition) is 1. The molecular formula is C16H21N3O. The van der Waals surface area contributed by atoms with Crippen molar-refractivity contribution in [3.05, 3.63) is 30.5 Å². The van der Waals surface area contributed by atoms with Crippen molar-refractivity contribution in [3.63, 3.8) is 0 Å². The number of rotatable bonds is 2. The smallest absolute Gasteiger partial charge is 0.0825 e. The van der Waals surface area contributed by atoms with Crippen LogP contribution in [-0.2, 0) is 4.74 Å². The molecule has 2 heterocycles. The number of hydrogen-bond acceptors (Lipinski definition) is 4. The normalized spacial score (nSPS) is 23.2. The summed E-state index contributed by atoms with van der Waals surface area (Å²) in [6.07, 6.45) is 4.01. The highest BCUT2D eigenvalue weighted by Crippen LogP contribution is 2.34. The SMILES string of the molecule is COC1(C)CCCN(c2ccc3ncccc3c2N)C1. The van der Waals surface area contributed by atoms with Crippen LogP contribution >= 0.6 is 0 Å². The fourth-order valence-corrected chi connectivity index (χ4v) is 3.02. The number of ether oxygens (including phenoxy) is 1. The van der Waals surface area contributed by atoms with Crippen LogP contribution in [0.3, 0.4) is 0 Å². The van der Waals surface area contributed by atoms with Crippen molar-refractivity contribution >= 4 is 22.3 Å². The molecule has 0 radical (unpaired) electrons. The van der Waals surface area contributed by atoms with Crippen LogP contribution in [0.5, 0.6) is 0 Å². The van der Waals surface area contributed by atoms with Gasteiger partial charge in [-0.2, -0.15) is 0 Å². The lowest BCUT2D eigenvalue weighted by molar-refractivity contribution is -0.00461. The summed E-state index contributed by atoms with van der Waals surface area (Å²) in [5, 5.41) is 1.02. The highest BCUT2D eigenvalue weighted by molar-refractivity contribution is 5.97. The Labute approximate surface area is 119 Å². The maximum atomic E-state index is 6.36. The molecule has 1 aromatic heterocycles. The first-order valence-corrected chi connectivity index (χ1v) is 7.06. The van der Waals surface area contributed by atoms with E-state index in [2.05, 4.69) is 22.9 Å². The number of fused-ring (bicyclic) bond motifs is 1. The first-order chi connectivity index (χ1) is 9.63. The van der Waals surface area contributed by atoms with Crippen molar-refractivity contribution < 1.29 is 4.74 Å². The average molecular weight is 271 g/mol. The molecule has 106 valence electrons. The number of piperidine rings is 1. The summed E-state index contributed by atoms with van der Waals surface area (Å²) in [7, 11) is 1.79. The van der Waals surface area contributed by atoms with Crippen LogP contribution in [0.25, 0.3) is 10.9 Å². The van der Waals surface area contributed by atoms with Gasteiger partial charge < -0.3 is 15.4 Å². The van der Waals surface area contributed by atoms with E-state index in [0.29, 0.717) is 0 Å². The fraction of sp³-hybridized carbons (Fsp3) is 0.438. The van der Waals surface area contributed by atoms with Crippen molar-refractivity contribution in [3.8, 4) is 0 Å². The third kappa shape index (κ3) is 2.20. The van der Waals surface area contributed by atoms with Gasteiger partial charge in [0.1, 0.15) is 0 Å². The predicted molar refractivity (Wildman–Crippen MR) is 83.0 cm³/mol. The summed E-state index contributed by atoms with van der Waals surface area (Å²) in [6.45, 7) is 4.06. The molecule has 1 saturated heterocycles. The Bertz CT molecular complexity index is 628. The zero-order chi connectivity index (χ0) is 14.2. The average Bonchev–Trinajstić information content (AvgIpc) is 2.48. The molecule has 20 heavy (non-hydrogen) atoms. The third-order valence-corrected chi connectivity index (χ3v) is 4.30. The second-order valence-electron chi connectivity index (χ2n) is 5.75. The Morgan fingerprint density at radius 1 is 1.35 bits per heavy atom. The Morgan fingerprint density at radius 3 is 3.00 bits per heavy atom. The zero-order valence-corrected chi connectivity index (χ0v) is 12.1. The van der Waals surface area contributed by atoms with Gasteiger partial charge in [-0.15, -0.1) is 0 Å². The molecule has 1 aromatic carbocycles. The summed E-state index contributed by atoms with van der Waals surface area (Å²) in [4.78, 5) is 6.68. The molecule has 1 unspecified atom stereocenters. The van der Waals surface area contributed by atoms with Gasteiger partial charge in [0.05, 0.1) is 22.5 Å². The Kier molecular flexibility index (Phi) is 3.26. The molecule has 0 saturated carbocycles. The van der Waals surface area contributed by atoms with E-state index >= 15 is 0 Å². The Balaban J connectivity index is 2.00. The number of nitrogen functional groups attached to an aromatic ring is 1. The number of benzene rings is 1. The van der Waals surface area contributed by atoms with Crippen LogP contribution in [0.1, 0.15) is 19.8 Å². The fourth-order valence-electron chi connectivity index (χ4n) is 3.02. The molecule has 4 nitrogen and oxygen atoms in total. The standard InChI is InChI=1S/C16H21N3O/c1-16(20-2)8-4-10-19(11-16)14-7-6-13-12(15(14)17)5-3-9-18-13/h3,5-7,9H,4,8,10-11,17H2,1-2H3. The topological polar surface area (TPSA) is 51.4 Å². The number of nitrogens with zero attached hydrogens (tertiary/aromatic N) is 2. The van der Waals surface area contributed by atoms with Crippen molar-refractivity contribution in [2.24, 2.45) is 0 Å². The highest BCUT2D eigenvalue weighted by Gasteiger charge is 2.31. The van der Waals surface area contributed by atoms with E-state index < -0.39 is 0 Å². The molecule has 2 aromatic rings. The molecule has 0 amide bonds. The van der Waals surface area contributed by atoms with Crippen molar-refractivity contribution in [2.45, 2.75) is 25.4 Å². The molecule has 4 heteroatoms. The lowest BCUT2D eigenvalue weighted by atomic mass is 9.94. The van der Waals surface area contributed by atoms with Gasteiger partial charge in [-0.25, -0.2) is 0 Å². The van der Waals surface area contributed by atoms with E-state index in [9.17, 15) is 0 Å².